The Balaban J connectivity index is 2.07. The van der Waals surface area contributed by atoms with E-state index >= 15 is 0 Å². The van der Waals surface area contributed by atoms with Gasteiger partial charge >= 0.3 is 5.97 Å². The van der Waals surface area contributed by atoms with Crippen LogP contribution in [0.25, 0.3) is 0 Å². The minimum atomic E-state index is -0.290. The van der Waals surface area contributed by atoms with Gasteiger partial charge in [-0.2, -0.15) is 0 Å². The van der Waals surface area contributed by atoms with E-state index in [0.29, 0.717) is 18.3 Å². The van der Waals surface area contributed by atoms with Gasteiger partial charge in [-0.05, 0) is 42.7 Å². The zero-order chi connectivity index (χ0) is 10.3. The van der Waals surface area contributed by atoms with E-state index in [-0.39, 0.29) is 23.0 Å². The van der Waals surface area contributed by atoms with Gasteiger partial charge in [-0.3, -0.25) is 9.59 Å². The Labute approximate surface area is 87.8 Å². The van der Waals surface area contributed by atoms with Gasteiger partial charge in [0.1, 0.15) is 0 Å². The van der Waals surface area contributed by atoms with Crippen molar-refractivity contribution in [1.29, 1.82) is 0 Å². The van der Waals surface area contributed by atoms with Crippen LogP contribution < -0.4 is 0 Å². The van der Waals surface area contributed by atoms with Crippen LogP contribution in [0.2, 0.25) is 0 Å². The maximum Gasteiger partial charge on any atom is 0.308 e. The molecule has 3 nitrogen and oxygen atoms in total. The highest BCUT2D eigenvalue weighted by molar-refractivity contribution is 6.64. The van der Waals surface area contributed by atoms with Crippen molar-refractivity contribution in [3.63, 3.8) is 0 Å². The molecule has 0 N–H and O–H groups in total. The molecule has 0 heterocycles. The van der Waals surface area contributed by atoms with E-state index in [1.165, 1.54) is 7.11 Å². The van der Waals surface area contributed by atoms with Crippen molar-refractivity contribution < 1.29 is 14.3 Å². The second-order valence-corrected chi connectivity index (χ2v) is 4.64. The lowest BCUT2D eigenvalue weighted by molar-refractivity contribution is -0.156. The van der Waals surface area contributed by atoms with Crippen molar-refractivity contribution >= 4 is 22.8 Å². The molecule has 0 saturated heterocycles. The summed E-state index contributed by atoms with van der Waals surface area (Å²) in [6, 6.07) is 0. The van der Waals surface area contributed by atoms with Gasteiger partial charge in [0.25, 0.3) is 0 Å². The summed E-state index contributed by atoms with van der Waals surface area (Å²) in [5, 5.41) is -0.290. The molecule has 0 amide bonds. The molecule has 0 radical (unpaired) electrons. The molecule has 2 bridgehead atoms. The van der Waals surface area contributed by atoms with Crippen molar-refractivity contribution in [2.75, 3.05) is 7.11 Å². The summed E-state index contributed by atoms with van der Waals surface area (Å²) in [6.45, 7) is 0. The number of ether oxygens (including phenoxy) is 1. The Morgan fingerprint density at radius 3 is 2.21 bits per heavy atom. The van der Waals surface area contributed by atoms with E-state index in [0.717, 1.165) is 12.8 Å². The van der Waals surface area contributed by atoms with Gasteiger partial charge in [-0.25, -0.2) is 0 Å². The van der Waals surface area contributed by atoms with Crippen LogP contribution in [0.5, 0.6) is 0 Å². The van der Waals surface area contributed by atoms with Crippen molar-refractivity contribution in [1.82, 2.24) is 0 Å². The first-order valence-electron chi connectivity index (χ1n) is 4.90. The molecule has 3 aliphatic carbocycles. The van der Waals surface area contributed by atoms with E-state index < -0.39 is 0 Å². The maximum absolute atomic E-state index is 11.4. The molecular weight excluding hydrogens is 204 g/mol. The van der Waals surface area contributed by atoms with Crippen LogP contribution in [0.4, 0.5) is 0 Å². The summed E-state index contributed by atoms with van der Waals surface area (Å²) >= 11 is 5.50. The SMILES string of the molecule is COC(=O)C1CC(C(=O)Cl)C2CC1C2. The number of rotatable bonds is 2. The Kier molecular flexibility index (Phi) is 2.52. The minimum Gasteiger partial charge on any atom is -0.469 e. The topological polar surface area (TPSA) is 43.4 Å². The highest BCUT2D eigenvalue weighted by Gasteiger charge is 2.50. The lowest BCUT2D eigenvalue weighted by Crippen LogP contribution is -2.47. The molecule has 14 heavy (non-hydrogen) atoms. The molecule has 3 rings (SSSR count). The molecule has 0 spiro atoms. The maximum atomic E-state index is 11.4. The molecule has 0 aromatic heterocycles. The highest BCUT2D eigenvalue weighted by Crippen LogP contribution is 2.52. The first-order chi connectivity index (χ1) is 6.63. The zero-order valence-corrected chi connectivity index (χ0v) is 8.79. The van der Waals surface area contributed by atoms with Gasteiger partial charge in [-0.15, -0.1) is 0 Å². The molecule has 3 saturated carbocycles. The number of hydrogen-bond donors (Lipinski definition) is 0. The third kappa shape index (κ3) is 1.44. The van der Waals surface area contributed by atoms with Crippen LogP contribution in [0.1, 0.15) is 19.3 Å². The van der Waals surface area contributed by atoms with E-state index in [1.54, 1.807) is 0 Å². The number of halogens is 1. The quantitative estimate of drug-likeness (QED) is 0.520. The number of methoxy groups -OCH3 is 1. The number of esters is 1. The summed E-state index contributed by atoms with van der Waals surface area (Å²) in [4.78, 5) is 22.5. The predicted octanol–water partition coefficient (Wildman–Crippen LogP) is 1.59. The zero-order valence-electron chi connectivity index (χ0n) is 8.03. The smallest absolute Gasteiger partial charge is 0.308 e. The third-order valence-electron chi connectivity index (χ3n) is 3.65. The van der Waals surface area contributed by atoms with Crippen molar-refractivity contribution in [2.45, 2.75) is 19.3 Å². The van der Waals surface area contributed by atoms with Crippen LogP contribution in [-0.2, 0) is 14.3 Å². The van der Waals surface area contributed by atoms with Gasteiger partial charge in [-0.1, -0.05) is 0 Å². The van der Waals surface area contributed by atoms with Crippen molar-refractivity contribution in [3.8, 4) is 0 Å². The Bertz CT molecular complexity index is 271. The highest BCUT2D eigenvalue weighted by atomic mass is 35.5. The first-order valence-corrected chi connectivity index (χ1v) is 5.28. The van der Waals surface area contributed by atoms with E-state index in [4.69, 9.17) is 16.3 Å². The average Bonchev–Trinajstić information content (AvgIpc) is 2.14. The summed E-state index contributed by atoms with van der Waals surface area (Å²) in [6.07, 6.45) is 2.51. The van der Waals surface area contributed by atoms with Crippen molar-refractivity contribution in [2.24, 2.45) is 23.7 Å². The van der Waals surface area contributed by atoms with Crippen LogP contribution in [-0.4, -0.2) is 18.3 Å². The fraction of sp³-hybridized carbons (Fsp3) is 0.800. The summed E-state index contributed by atoms with van der Waals surface area (Å²) in [5.74, 6) is 0.449. The molecule has 2 atom stereocenters. The van der Waals surface area contributed by atoms with Crippen LogP contribution in [0.3, 0.4) is 0 Å². The largest absolute Gasteiger partial charge is 0.469 e. The molecular formula is C10H13ClO3. The molecule has 0 aliphatic heterocycles. The fourth-order valence-electron chi connectivity index (χ4n) is 2.74. The molecule has 3 fully saturated rings. The normalized spacial score (nSPS) is 39.9. The summed E-state index contributed by atoms with van der Waals surface area (Å²) < 4.78 is 4.72. The van der Waals surface area contributed by atoms with Crippen LogP contribution in [0, 0.1) is 23.7 Å². The Morgan fingerprint density at radius 2 is 1.71 bits per heavy atom. The monoisotopic (exact) mass is 216 g/mol. The number of carbonyl (C=O) groups is 2. The Morgan fingerprint density at radius 1 is 1.14 bits per heavy atom. The average molecular weight is 217 g/mol. The minimum absolute atomic E-state index is 0.0994. The van der Waals surface area contributed by atoms with Gasteiger partial charge in [0, 0.05) is 5.92 Å². The molecule has 78 valence electrons. The van der Waals surface area contributed by atoms with Gasteiger partial charge < -0.3 is 4.74 Å². The molecule has 3 aliphatic rings. The summed E-state index contributed by atoms with van der Waals surface area (Å²) in [5.41, 5.74) is 0. The Hall–Kier alpha value is -0.570. The first kappa shape index (κ1) is 9.97. The lowest BCUT2D eigenvalue weighted by Gasteiger charge is -2.48. The fourth-order valence-corrected chi connectivity index (χ4v) is 3.01. The molecule has 2 unspecified atom stereocenters. The molecule has 0 aromatic rings. The van der Waals surface area contributed by atoms with Gasteiger partial charge in [0.15, 0.2) is 0 Å². The second-order valence-electron chi connectivity index (χ2n) is 4.27. The van der Waals surface area contributed by atoms with Gasteiger partial charge in [0.2, 0.25) is 5.24 Å². The van der Waals surface area contributed by atoms with E-state index in [9.17, 15) is 9.59 Å². The predicted molar refractivity (Wildman–Crippen MR) is 50.7 cm³/mol. The number of hydrogen-bond acceptors (Lipinski definition) is 3. The summed E-state index contributed by atoms with van der Waals surface area (Å²) in [7, 11) is 1.39. The molecule has 0 aromatic carbocycles. The number of carbonyl (C=O) groups excluding carboxylic acids is 2. The van der Waals surface area contributed by atoms with E-state index in [1.807, 2.05) is 0 Å². The van der Waals surface area contributed by atoms with Crippen LogP contribution in [0.15, 0.2) is 0 Å². The third-order valence-corrected chi connectivity index (χ3v) is 3.93. The van der Waals surface area contributed by atoms with Crippen LogP contribution >= 0.6 is 11.6 Å². The number of fused-ring (bicyclic) bond motifs is 2. The second kappa shape index (κ2) is 3.54. The van der Waals surface area contributed by atoms with E-state index in [2.05, 4.69) is 0 Å². The standard InChI is InChI=1S/C10H13ClO3/c1-14-10(13)8-4-7(9(11)12)5-2-6(8)3-5/h5-8H,2-4H2,1H3. The molecule has 4 heteroatoms. The lowest BCUT2D eigenvalue weighted by atomic mass is 9.55. The van der Waals surface area contributed by atoms with Crippen molar-refractivity contribution in [3.05, 3.63) is 0 Å². The van der Waals surface area contributed by atoms with Gasteiger partial charge in [0.05, 0.1) is 13.0 Å².